The fourth-order valence-corrected chi connectivity index (χ4v) is 2.68. The van der Waals surface area contributed by atoms with Crippen molar-refractivity contribution < 1.29 is 15.0 Å². The minimum absolute atomic E-state index is 0.0657. The highest BCUT2D eigenvalue weighted by molar-refractivity contribution is 14.1. The van der Waals surface area contributed by atoms with Gasteiger partial charge in [0.05, 0.1) is 28.4 Å². The summed E-state index contributed by atoms with van der Waals surface area (Å²) in [6, 6.07) is 13.0. The van der Waals surface area contributed by atoms with Crippen molar-refractivity contribution in [2.24, 2.45) is 10.2 Å². The second-order valence-electron chi connectivity index (χ2n) is 4.52. The van der Waals surface area contributed by atoms with Crippen molar-refractivity contribution in [3.63, 3.8) is 0 Å². The number of azo groups is 1. The number of fused-ring (bicyclic) bond motifs is 1. The number of benzene rings is 2. The molecule has 0 unspecified atom stereocenters. The molecule has 3 aromatic rings. The van der Waals surface area contributed by atoms with Crippen LogP contribution < -0.4 is 0 Å². The number of rotatable bonds is 2. The van der Waals surface area contributed by atoms with E-state index in [1.165, 1.54) is 24.3 Å². The summed E-state index contributed by atoms with van der Waals surface area (Å²) in [5.41, 5.74) is 1.34. The van der Waals surface area contributed by atoms with Gasteiger partial charge >= 0.3 is 0 Å². The number of amides is 1. The number of hydrogen-bond acceptors (Lipinski definition) is 4. The maximum Gasteiger partial charge on any atom is 0.295 e. The molecule has 0 saturated carbocycles. The second-order valence-corrected chi connectivity index (χ2v) is 5.49. The van der Waals surface area contributed by atoms with Crippen LogP contribution in [0.5, 0.6) is 11.6 Å². The molecule has 0 bridgehead atoms. The molecule has 0 saturated heterocycles. The average Bonchev–Trinajstić information content (AvgIpc) is 2.78. The van der Waals surface area contributed by atoms with Crippen molar-refractivity contribution in [2.75, 3.05) is 0 Å². The minimum atomic E-state index is -0.551. The summed E-state index contributed by atoms with van der Waals surface area (Å²) in [7, 11) is 0. The monoisotopic (exact) mass is 407 g/mol. The molecule has 0 aliphatic rings. The number of nitrogens with zero attached hydrogens (tertiary/aromatic N) is 3. The lowest BCUT2D eigenvalue weighted by molar-refractivity contribution is 0.0995. The average molecular weight is 407 g/mol. The Morgan fingerprint density at radius 2 is 1.73 bits per heavy atom. The van der Waals surface area contributed by atoms with Crippen molar-refractivity contribution in [3.8, 4) is 11.6 Å². The van der Waals surface area contributed by atoms with E-state index in [0.717, 1.165) is 5.52 Å². The third kappa shape index (κ3) is 2.54. The minimum Gasteiger partial charge on any atom is -0.508 e. The first-order chi connectivity index (χ1) is 10.6. The number of phenolic OH excluding ortho intramolecular Hbond substituents is 1. The number of aromatic nitrogens is 1. The number of carbonyl (C=O) groups excluding carboxylic acids is 1. The van der Waals surface area contributed by atoms with Gasteiger partial charge in [-0.05, 0) is 30.3 Å². The zero-order chi connectivity index (χ0) is 15.7. The Bertz CT molecular complexity index is 885. The molecule has 1 amide bonds. The van der Waals surface area contributed by atoms with Crippen LogP contribution in [-0.2, 0) is 0 Å². The van der Waals surface area contributed by atoms with E-state index in [9.17, 15) is 15.0 Å². The maximum absolute atomic E-state index is 12.0. The molecule has 6 nitrogen and oxygen atoms in total. The molecule has 22 heavy (non-hydrogen) atoms. The van der Waals surface area contributed by atoms with E-state index >= 15 is 0 Å². The molecule has 1 aromatic heterocycles. The SMILES string of the molecule is O=C(N=Nc1c(O)n(I)c2ccccc12)c1ccc(O)cc1. The smallest absolute Gasteiger partial charge is 0.295 e. The number of phenols is 1. The predicted octanol–water partition coefficient (Wildman–Crippen LogP) is 4.17. The fourth-order valence-electron chi connectivity index (χ4n) is 2.03. The van der Waals surface area contributed by atoms with E-state index < -0.39 is 5.91 Å². The Morgan fingerprint density at radius 3 is 2.45 bits per heavy atom. The van der Waals surface area contributed by atoms with Gasteiger partial charge in [-0.2, -0.15) is 0 Å². The van der Waals surface area contributed by atoms with Crippen LogP contribution in [0.3, 0.4) is 0 Å². The number of halogens is 1. The molecule has 2 aromatic carbocycles. The standard InChI is InChI=1S/C15H10IN3O3/c16-19-12-4-2-1-3-11(12)13(15(19)22)17-18-14(21)9-5-7-10(20)8-6-9/h1-8,20,22H. The Hall–Kier alpha value is -2.42. The quantitative estimate of drug-likeness (QED) is 0.494. The van der Waals surface area contributed by atoms with Crippen molar-refractivity contribution in [1.29, 1.82) is 0 Å². The number of hydrogen-bond donors (Lipinski definition) is 2. The first kappa shape index (κ1) is 14.5. The van der Waals surface area contributed by atoms with Gasteiger partial charge in [0.1, 0.15) is 5.75 Å². The molecule has 0 fully saturated rings. The lowest BCUT2D eigenvalue weighted by Gasteiger charge is -1.95. The van der Waals surface area contributed by atoms with Gasteiger partial charge in [-0.1, -0.05) is 18.2 Å². The highest BCUT2D eigenvalue weighted by atomic mass is 127. The van der Waals surface area contributed by atoms with E-state index in [0.29, 0.717) is 10.9 Å². The Morgan fingerprint density at radius 1 is 1.05 bits per heavy atom. The van der Waals surface area contributed by atoms with Crippen LogP contribution >= 0.6 is 22.9 Å². The predicted molar refractivity (Wildman–Crippen MR) is 90.0 cm³/mol. The molecule has 3 rings (SSSR count). The first-order valence-corrected chi connectivity index (χ1v) is 7.28. The molecule has 0 aliphatic carbocycles. The third-order valence-electron chi connectivity index (χ3n) is 3.12. The van der Waals surface area contributed by atoms with E-state index in [4.69, 9.17) is 0 Å². The zero-order valence-corrected chi connectivity index (χ0v) is 13.3. The first-order valence-electron chi connectivity index (χ1n) is 6.31. The summed E-state index contributed by atoms with van der Waals surface area (Å²) in [5.74, 6) is -0.548. The van der Waals surface area contributed by atoms with Gasteiger partial charge in [-0.15, -0.1) is 10.2 Å². The molecular weight excluding hydrogens is 397 g/mol. The van der Waals surface area contributed by atoms with Crippen LogP contribution in [0.4, 0.5) is 5.69 Å². The van der Waals surface area contributed by atoms with Gasteiger partial charge in [0.25, 0.3) is 5.91 Å². The molecular formula is C15H10IN3O3. The van der Waals surface area contributed by atoms with Crippen LogP contribution in [0.15, 0.2) is 58.8 Å². The fraction of sp³-hybridized carbons (Fsp3) is 0. The van der Waals surface area contributed by atoms with Crippen LogP contribution in [0.1, 0.15) is 10.4 Å². The summed E-state index contributed by atoms with van der Waals surface area (Å²) in [5, 5.41) is 27.5. The van der Waals surface area contributed by atoms with Crippen LogP contribution in [-0.4, -0.2) is 18.9 Å². The lowest BCUT2D eigenvalue weighted by atomic mass is 10.2. The van der Waals surface area contributed by atoms with Gasteiger partial charge < -0.3 is 10.2 Å². The highest BCUT2D eigenvalue weighted by Gasteiger charge is 2.15. The van der Waals surface area contributed by atoms with Crippen molar-refractivity contribution in [2.45, 2.75) is 0 Å². The van der Waals surface area contributed by atoms with Crippen molar-refractivity contribution in [1.82, 2.24) is 2.78 Å². The summed E-state index contributed by atoms with van der Waals surface area (Å²) < 4.78 is 1.55. The normalized spacial score (nSPS) is 11.3. The van der Waals surface area contributed by atoms with Gasteiger partial charge in [0, 0.05) is 10.9 Å². The van der Waals surface area contributed by atoms with Gasteiger partial charge in [0.2, 0.25) is 5.88 Å². The van der Waals surface area contributed by atoms with Crippen LogP contribution in [0.25, 0.3) is 10.9 Å². The Labute approximate surface area is 139 Å². The van der Waals surface area contributed by atoms with Gasteiger partial charge in [0.15, 0.2) is 5.69 Å². The molecule has 110 valence electrons. The Balaban J connectivity index is 1.97. The van der Waals surface area contributed by atoms with Gasteiger partial charge in [-0.3, -0.25) is 7.58 Å². The zero-order valence-electron chi connectivity index (χ0n) is 11.1. The molecule has 0 atom stereocenters. The summed E-state index contributed by atoms with van der Waals surface area (Å²) in [6.07, 6.45) is 0. The summed E-state index contributed by atoms with van der Waals surface area (Å²) >= 11 is 1.95. The second kappa shape index (κ2) is 5.76. The van der Waals surface area contributed by atoms with E-state index in [2.05, 4.69) is 10.2 Å². The number of para-hydroxylation sites is 1. The summed E-state index contributed by atoms with van der Waals surface area (Å²) in [4.78, 5) is 12.0. The lowest BCUT2D eigenvalue weighted by Crippen LogP contribution is -1.92. The molecule has 0 spiro atoms. The number of aromatic hydroxyl groups is 2. The van der Waals surface area contributed by atoms with Crippen molar-refractivity contribution >= 4 is 45.4 Å². The summed E-state index contributed by atoms with van der Waals surface area (Å²) in [6.45, 7) is 0. The van der Waals surface area contributed by atoms with Crippen molar-refractivity contribution in [3.05, 3.63) is 54.1 Å². The molecule has 0 radical (unpaired) electrons. The van der Waals surface area contributed by atoms with Crippen LogP contribution in [0, 0.1) is 0 Å². The Kier molecular flexibility index (Phi) is 3.80. The van der Waals surface area contributed by atoms with E-state index in [-0.39, 0.29) is 17.3 Å². The molecule has 2 N–H and O–H groups in total. The maximum atomic E-state index is 12.0. The van der Waals surface area contributed by atoms with Crippen LogP contribution in [0.2, 0.25) is 0 Å². The third-order valence-corrected chi connectivity index (χ3v) is 4.10. The topological polar surface area (TPSA) is 87.2 Å². The largest absolute Gasteiger partial charge is 0.508 e. The highest BCUT2D eigenvalue weighted by Crippen LogP contribution is 2.40. The molecule has 7 heteroatoms. The molecule has 0 aliphatic heterocycles. The van der Waals surface area contributed by atoms with Gasteiger partial charge in [-0.25, -0.2) is 0 Å². The number of carbonyl (C=O) groups is 1. The van der Waals surface area contributed by atoms with E-state index in [1.54, 1.807) is 8.85 Å². The molecule has 1 heterocycles. The van der Waals surface area contributed by atoms with E-state index in [1.807, 2.05) is 41.1 Å².